The number of aliphatic hydroxyl groups is 1. The van der Waals surface area contributed by atoms with Gasteiger partial charge in [-0.1, -0.05) is 42.5 Å². The van der Waals surface area contributed by atoms with Crippen molar-refractivity contribution in [3.8, 4) is 10.4 Å². The quantitative estimate of drug-likeness (QED) is 0.612. The smallest absolute Gasteiger partial charge is 0.169 e. The highest BCUT2D eigenvalue weighted by Crippen LogP contribution is 2.41. The zero-order valence-corrected chi connectivity index (χ0v) is 16.0. The third kappa shape index (κ3) is 3.79. The van der Waals surface area contributed by atoms with Crippen LogP contribution in [0, 0.1) is 5.92 Å². The Morgan fingerprint density at radius 2 is 2.04 bits per heavy atom. The highest BCUT2D eigenvalue weighted by atomic mass is 32.1. The third-order valence-electron chi connectivity index (χ3n) is 5.64. The van der Waals surface area contributed by atoms with Crippen LogP contribution in [0.5, 0.6) is 0 Å². The summed E-state index contributed by atoms with van der Waals surface area (Å²) in [6, 6.07) is 10.4. The summed E-state index contributed by atoms with van der Waals surface area (Å²) in [5.41, 5.74) is 0.758. The van der Waals surface area contributed by atoms with Gasteiger partial charge in [0.25, 0.3) is 0 Å². The standard InChI is InChI=1S/C20H27BN2OS2/c21-23-10-7-16(8-11-23)20(24,14-23)9-6-17(25)12-19-22-13-18(26-19)15-4-2-1-3-5-15/h1-5,13,16,24H,6-12,14H2,21H3. The number of thiocarbonyl (C=S) groups is 1. The molecule has 3 aliphatic heterocycles. The minimum atomic E-state index is -0.458. The Morgan fingerprint density at radius 3 is 2.73 bits per heavy atom. The van der Waals surface area contributed by atoms with Crippen LogP contribution >= 0.6 is 23.6 Å². The molecule has 3 nitrogen and oxygen atoms in total. The molecule has 1 aromatic carbocycles. The zero-order chi connectivity index (χ0) is 18.2. The number of piperidine rings is 3. The van der Waals surface area contributed by atoms with Crippen LogP contribution in [0.3, 0.4) is 0 Å². The predicted octanol–water partition coefficient (Wildman–Crippen LogP) is 2.75. The minimum Gasteiger partial charge on any atom is -0.520 e. The van der Waals surface area contributed by atoms with E-state index in [1.807, 2.05) is 12.3 Å². The fraction of sp³-hybridized carbons (Fsp3) is 0.500. The van der Waals surface area contributed by atoms with Gasteiger partial charge in [-0.3, -0.25) is 0 Å². The molecule has 0 spiro atoms. The van der Waals surface area contributed by atoms with Crippen molar-refractivity contribution in [2.45, 2.75) is 37.7 Å². The van der Waals surface area contributed by atoms with Crippen LogP contribution in [0.15, 0.2) is 36.5 Å². The second kappa shape index (κ2) is 7.15. The largest absolute Gasteiger partial charge is 0.520 e. The van der Waals surface area contributed by atoms with Crippen LogP contribution in [-0.4, -0.2) is 52.6 Å². The Bertz CT molecular complexity index is 786. The van der Waals surface area contributed by atoms with Crippen LogP contribution in [0.2, 0.25) is 0 Å². The molecule has 6 heteroatoms. The lowest BCUT2D eigenvalue weighted by atomic mass is 9.69. The molecular formula is C20H27BN2OS2. The number of quaternary nitrogens is 1. The highest BCUT2D eigenvalue weighted by Gasteiger charge is 2.49. The molecule has 1 unspecified atom stereocenters. The molecule has 26 heavy (non-hydrogen) atoms. The summed E-state index contributed by atoms with van der Waals surface area (Å²) in [5, 5.41) is 12.3. The van der Waals surface area contributed by atoms with Gasteiger partial charge in [-0.2, -0.15) is 0 Å². The molecule has 1 aromatic heterocycles. The van der Waals surface area contributed by atoms with Gasteiger partial charge in [0, 0.05) is 31.6 Å². The average Bonchev–Trinajstić information content (AvgIpc) is 3.09. The average molecular weight is 386 g/mol. The van der Waals surface area contributed by atoms with E-state index in [2.05, 4.69) is 29.2 Å². The summed E-state index contributed by atoms with van der Waals surface area (Å²) in [4.78, 5) is 6.81. The molecule has 2 aromatic rings. The van der Waals surface area contributed by atoms with Gasteiger partial charge in [0.1, 0.15) is 5.60 Å². The number of aromatic nitrogens is 1. The van der Waals surface area contributed by atoms with Gasteiger partial charge in [-0.15, -0.1) is 11.3 Å². The Morgan fingerprint density at radius 1 is 1.31 bits per heavy atom. The summed E-state index contributed by atoms with van der Waals surface area (Å²) in [6.07, 6.45) is 6.86. The molecule has 0 amide bonds. The molecule has 0 saturated carbocycles. The number of hydrogen-bond acceptors (Lipinski definition) is 4. The lowest BCUT2D eigenvalue weighted by Gasteiger charge is -2.60. The fourth-order valence-corrected chi connectivity index (χ4v) is 5.46. The number of nitrogens with zero attached hydrogens (tertiary/aromatic N) is 2. The summed E-state index contributed by atoms with van der Waals surface area (Å²) in [6.45, 7) is 3.67. The van der Waals surface area contributed by atoms with E-state index in [4.69, 9.17) is 12.2 Å². The number of hydrogen-bond donors (Lipinski definition) is 1. The second-order valence-corrected chi connectivity index (χ2v) is 9.05. The van der Waals surface area contributed by atoms with Crippen molar-refractivity contribution in [2.75, 3.05) is 19.6 Å². The van der Waals surface area contributed by atoms with E-state index >= 15 is 0 Å². The van der Waals surface area contributed by atoms with Gasteiger partial charge < -0.3 is 9.50 Å². The molecule has 3 saturated heterocycles. The SMILES string of the molecule is [BH3-][N+]12CCC(CC1)C(O)(CCC(=S)Cc1ncc(-c3ccccc3)s1)C2. The van der Waals surface area contributed by atoms with Crippen molar-refractivity contribution in [3.63, 3.8) is 0 Å². The first kappa shape index (κ1) is 18.3. The summed E-state index contributed by atoms with van der Waals surface area (Å²) >= 11 is 7.39. The monoisotopic (exact) mass is 386 g/mol. The first-order valence-corrected chi connectivity index (χ1v) is 10.3. The molecule has 1 atom stereocenters. The zero-order valence-electron chi connectivity index (χ0n) is 14.4. The third-order valence-corrected chi connectivity index (χ3v) is 7.04. The normalized spacial score (nSPS) is 30.5. The number of fused-ring (bicyclic) bond motifs is 3. The second-order valence-electron chi connectivity index (χ2n) is 7.35. The maximum atomic E-state index is 11.2. The van der Waals surface area contributed by atoms with Gasteiger partial charge in [0.15, 0.2) is 7.98 Å². The van der Waals surface area contributed by atoms with Gasteiger partial charge in [0.05, 0.1) is 16.4 Å². The number of thiazole rings is 1. The van der Waals surface area contributed by atoms with E-state index in [0.717, 1.165) is 35.7 Å². The van der Waals surface area contributed by atoms with Crippen LogP contribution in [0.25, 0.3) is 10.4 Å². The lowest BCUT2D eigenvalue weighted by molar-refractivity contribution is -0.846. The minimum absolute atomic E-state index is 0.238. The van der Waals surface area contributed by atoms with Crippen molar-refractivity contribution in [3.05, 3.63) is 41.5 Å². The van der Waals surface area contributed by atoms with E-state index in [0.29, 0.717) is 5.92 Å². The Labute approximate surface area is 166 Å². The van der Waals surface area contributed by atoms with E-state index in [9.17, 15) is 5.11 Å². The van der Waals surface area contributed by atoms with Crippen LogP contribution in [-0.2, 0) is 6.42 Å². The summed E-state index contributed by atoms with van der Waals surface area (Å²) in [7, 11) is 0.238. The van der Waals surface area contributed by atoms with E-state index in [1.54, 1.807) is 11.3 Å². The maximum absolute atomic E-state index is 11.2. The van der Waals surface area contributed by atoms with Crippen molar-refractivity contribution < 1.29 is 9.50 Å². The van der Waals surface area contributed by atoms with Crippen molar-refractivity contribution >= 4 is 36.4 Å². The fourth-order valence-electron chi connectivity index (χ4n) is 4.17. The van der Waals surface area contributed by atoms with Gasteiger partial charge in [-0.25, -0.2) is 4.98 Å². The van der Waals surface area contributed by atoms with Crippen LogP contribution < -0.4 is 0 Å². The van der Waals surface area contributed by atoms with Crippen molar-refractivity contribution in [2.24, 2.45) is 5.92 Å². The number of rotatable bonds is 6. The molecule has 0 radical (unpaired) electrons. The van der Waals surface area contributed by atoms with Gasteiger partial charge >= 0.3 is 0 Å². The number of benzene rings is 1. The Balaban J connectivity index is 1.34. The van der Waals surface area contributed by atoms with Crippen LogP contribution in [0.1, 0.15) is 30.7 Å². The first-order chi connectivity index (χ1) is 12.5. The molecule has 1 N–H and O–H groups in total. The molecule has 5 rings (SSSR count). The highest BCUT2D eigenvalue weighted by molar-refractivity contribution is 7.80. The predicted molar refractivity (Wildman–Crippen MR) is 116 cm³/mol. The lowest BCUT2D eigenvalue weighted by Crippen LogP contribution is -2.68. The molecule has 3 fully saturated rings. The van der Waals surface area contributed by atoms with Crippen molar-refractivity contribution in [1.82, 2.24) is 4.98 Å². The van der Waals surface area contributed by atoms with E-state index < -0.39 is 5.60 Å². The Hall–Kier alpha value is -1.08. The topological polar surface area (TPSA) is 33.1 Å². The molecular weight excluding hydrogens is 359 g/mol. The van der Waals surface area contributed by atoms with Crippen molar-refractivity contribution in [1.29, 1.82) is 0 Å². The molecule has 2 bridgehead atoms. The maximum Gasteiger partial charge on any atom is 0.169 e. The van der Waals surface area contributed by atoms with Gasteiger partial charge in [-0.05, 0) is 36.1 Å². The van der Waals surface area contributed by atoms with E-state index in [1.165, 1.54) is 40.8 Å². The van der Waals surface area contributed by atoms with Crippen LogP contribution in [0.4, 0.5) is 0 Å². The Kier molecular flexibility index (Phi) is 5.03. The van der Waals surface area contributed by atoms with E-state index in [-0.39, 0.29) is 7.98 Å². The van der Waals surface area contributed by atoms with Gasteiger partial charge in [0.2, 0.25) is 0 Å². The molecule has 138 valence electrons. The molecule has 3 aliphatic rings. The summed E-state index contributed by atoms with van der Waals surface area (Å²) < 4.78 is 1.28. The molecule has 4 heterocycles. The summed E-state index contributed by atoms with van der Waals surface area (Å²) in [5.74, 6) is 0.507. The molecule has 0 aliphatic carbocycles. The first-order valence-electron chi connectivity index (χ1n) is 9.09.